The van der Waals surface area contributed by atoms with Crippen LogP contribution in [0.15, 0.2) is 76.2 Å². The van der Waals surface area contributed by atoms with Gasteiger partial charge in [-0.3, -0.25) is 9.36 Å². The van der Waals surface area contributed by atoms with Crippen LogP contribution in [0.4, 0.5) is 5.69 Å². The summed E-state index contributed by atoms with van der Waals surface area (Å²) in [7, 11) is 0. The molecule has 33 heavy (non-hydrogen) atoms. The number of rotatable bonds is 8. The van der Waals surface area contributed by atoms with Gasteiger partial charge in [0.05, 0.1) is 16.5 Å². The minimum atomic E-state index is -0.171. The number of thiophene rings is 1. The molecule has 0 aliphatic rings. The lowest BCUT2D eigenvalue weighted by atomic mass is 10.0. The fraction of sp³-hybridized carbons (Fsp3) is 0.125. The third kappa shape index (κ3) is 5.41. The van der Waals surface area contributed by atoms with Crippen molar-refractivity contribution in [3.8, 4) is 22.5 Å². The van der Waals surface area contributed by atoms with Gasteiger partial charge in [-0.2, -0.15) is 0 Å². The number of carbonyl (C=O) groups excluding carboxylic acids is 1. The molecule has 5 nitrogen and oxygen atoms in total. The van der Waals surface area contributed by atoms with Crippen molar-refractivity contribution in [1.82, 2.24) is 14.8 Å². The molecule has 4 rings (SSSR count). The Morgan fingerprint density at radius 3 is 2.79 bits per heavy atom. The Balaban J connectivity index is 1.57. The lowest BCUT2D eigenvalue weighted by Crippen LogP contribution is -2.15. The van der Waals surface area contributed by atoms with Gasteiger partial charge >= 0.3 is 0 Å². The van der Waals surface area contributed by atoms with E-state index >= 15 is 0 Å². The second kappa shape index (κ2) is 10.7. The predicted molar refractivity (Wildman–Crippen MR) is 142 cm³/mol. The van der Waals surface area contributed by atoms with E-state index < -0.39 is 0 Å². The molecule has 0 unspecified atom stereocenters. The summed E-state index contributed by atoms with van der Waals surface area (Å²) >= 11 is 12.6. The average Bonchev–Trinajstić information content (AvgIpc) is 3.38. The second-order valence-corrected chi connectivity index (χ2v) is 10.5. The normalized spacial score (nSPS) is 10.9. The molecule has 2 aromatic carbocycles. The molecular formula is C24H20BrClN4OS2. The number of benzene rings is 2. The molecule has 168 valence electrons. The molecule has 0 bridgehead atoms. The molecule has 0 saturated heterocycles. The van der Waals surface area contributed by atoms with E-state index in [2.05, 4.69) is 62.5 Å². The Kier molecular flexibility index (Phi) is 7.70. The molecule has 0 radical (unpaired) electrons. The summed E-state index contributed by atoms with van der Waals surface area (Å²) in [6.07, 6.45) is 1.81. The van der Waals surface area contributed by atoms with Crippen molar-refractivity contribution in [3.05, 3.63) is 80.9 Å². The Morgan fingerprint density at radius 1 is 1.27 bits per heavy atom. The van der Waals surface area contributed by atoms with Gasteiger partial charge in [-0.15, -0.1) is 28.1 Å². The van der Waals surface area contributed by atoms with E-state index in [0.29, 0.717) is 22.4 Å². The minimum absolute atomic E-state index is 0.171. The highest BCUT2D eigenvalue weighted by Gasteiger charge is 2.20. The van der Waals surface area contributed by atoms with Crippen molar-refractivity contribution in [2.24, 2.45) is 0 Å². The average molecular weight is 560 g/mol. The molecular weight excluding hydrogens is 540 g/mol. The van der Waals surface area contributed by atoms with Crippen LogP contribution in [0.2, 0.25) is 5.02 Å². The Hall–Kier alpha value is -2.39. The number of anilines is 1. The van der Waals surface area contributed by atoms with Gasteiger partial charge in [0, 0.05) is 32.4 Å². The van der Waals surface area contributed by atoms with Crippen LogP contribution in [0, 0.1) is 6.92 Å². The first kappa shape index (κ1) is 23.8. The highest BCUT2D eigenvalue weighted by atomic mass is 79.9. The van der Waals surface area contributed by atoms with Gasteiger partial charge in [0.25, 0.3) is 0 Å². The molecule has 0 fully saturated rings. The predicted octanol–water partition coefficient (Wildman–Crippen LogP) is 7.31. The van der Waals surface area contributed by atoms with Gasteiger partial charge in [0.1, 0.15) is 0 Å². The van der Waals surface area contributed by atoms with Crippen molar-refractivity contribution in [3.63, 3.8) is 0 Å². The van der Waals surface area contributed by atoms with E-state index in [9.17, 15) is 4.79 Å². The van der Waals surface area contributed by atoms with E-state index in [0.717, 1.165) is 27.0 Å². The molecule has 4 aromatic rings. The first-order valence-electron chi connectivity index (χ1n) is 10.0. The van der Waals surface area contributed by atoms with Crippen LogP contribution in [0.25, 0.3) is 22.5 Å². The number of halogens is 2. The van der Waals surface area contributed by atoms with Crippen molar-refractivity contribution in [1.29, 1.82) is 0 Å². The smallest absolute Gasteiger partial charge is 0.234 e. The molecule has 1 N–H and O–H groups in total. The van der Waals surface area contributed by atoms with Crippen LogP contribution in [-0.2, 0) is 11.3 Å². The summed E-state index contributed by atoms with van der Waals surface area (Å²) in [5, 5.41) is 14.9. The van der Waals surface area contributed by atoms with Crippen molar-refractivity contribution < 1.29 is 4.79 Å². The van der Waals surface area contributed by atoms with Crippen LogP contribution in [-0.4, -0.2) is 26.4 Å². The van der Waals surface area contributed by atoms with Gasteiger partial charge in [0.2, 0.25) is 5.91 Å². The number of hydrogen-bond donors (Lipinski definition) is 1. The first-order valence-corrected chi connectivity index (χ1v) is 13.1. The molecule has 0 aliphatic heterocycles. The number of hydrogen-bond acceptors (Lipinski definition) is 5. The number of aryl methyl sites for hydroxylation is 1. The van der Waals surface area contributed by atoms with Crippen LogP contribution in [0.3, 0.4) is 0 Å². The fourth-order valence-electron chi connectivity index (χ4n) is 3.38. The summed E-state index contributed by atoms with van der Waals surface area (Å²) in [6.45, 7) is 6.53. The summed E-state index contributed by atoms with van der Waals surface area (Å²) in [5.74, 6) is 0.767. The zero-order valence-corrected chi connectivity index (χ0v) is 21.7. The second-order valence-electron chi connectivity index (χ2n) is 7.11. The molecule has 2 heterocycles. The highest BCUT2D eigenvalue weighted by Crippen LogP contribution is 2.39. The number of nitrogens with zero attached hydrogens (tertiary/aromatic N) is 3. The molecule has 0 aliphatic carbocycles. The van der Waals surface area contributed by atoms with Gasteiger partial charge in [-0.25, -0.2) is 0 Å². The van der Waals surface area contributed by atoms with Gasteiger partial charge in [-0.05, 0) is 30.7 Å². The molecule has 0 spiro atoms. The van der Waals surface area contributed by atoms with Gasteiger partial charge < -0.3 is 5.32 Å². The molecule has 0 saturated carbocycles. The quantitative estimate of drug-likeness (QED) is 0.182. The Bertz CT molecular complexity index is 1300. The largest absolute Gasteiger partial charge is 0.324 e. The van der Waals surface area contributed by atoms with Crippen LogP contribution >= 0.6 is 50.6 Å². The molecule has 2 aromatic heterocycles. The number of thioether (sulfide) groups is 1. The van der Waals surface area contributed by atoms with Gasteiger partial charge in [-0.1, -0.05) is 75.7 Å². The maximum absolute atomic E-state index is 12.5. The molecule has 0 atom stereocenters. The Morgan fingerprint density at radius 2 is 2.06 bits per heavy atom. The number of aromatic nitrogens is 3. The standard InChI is InChI=1S/C24H20BrClN4OS2/c1-3-11-30-23(18-13-32-15(2)22(18)16-7-5-4-6-8-16)28-29-24(30)33-14-21(31)27-20-10-9-17(25)12-19(20)26/h3-10,12-13H,1,11,14H2,2H3,(H,27,31). The zero-order chi connectivity index (χ0) is 23.4. The lowest BCUT2D eigenvalue weighted by Gasteiger charge is -2.10. The van der Waals surface area contributed by atoms with Crippen molar-refractivity contribution in [2.45, 2.75) is 18.6 Å². The van der Waals surface area contributed by atoms with Crippen molar-refractivity contribution >= 4 is 62.2 Å². The maximum atomic E-state index is 12.5. The SMILES string of the molecule is C=CCn1c(SCC(=O)Nc2ccc(Br)cc2Cl)nnc1-c1csc(C)c1-c1ccccc1. The third-order valence-electron chi connectivity index (χ3n) is 4.84. The summed E-state index contributed by atoms with van der Waals surface area (Å²) in [5.41, 5.74) is 3.88. The van der Waals surface area contributed by atoms with E-state index in [1.165, 1.54) is 16.6 Å². The van der Waals surface area contributed by atoms with E-state index in [4.69, 9.17) is 11.6 Å². The number of nitrogens with one attached hydrogen (secondary N) is 1. The topological polar surface area (TPSA) is 59.8 Å². The minimum Gasteiger partial charge on any atom is -0.324 e. The third-order valence-corrected chi connectivity index (χ3v) is 7.53. The number of carbonyl (C=O) groups is 1. The highest BCUT2D eigenvalue weighted by molar-refractivity contribution is 9.10. The monoisotopic (exact) mass is 558 g/mol. The molecule has 9 heteroatoms. The zero-order valence-electron chi connectivity index (χ0n) is 17.7. The maximum Gasteiger partial charge on any atom is 0.234 e. The van der Waals surface area contributed by atoms with E-state index in [-0.39, 0.29) is 11.7 Å². The van der Waals surface area contributed by atoms with E-state index in [1.807, 2.05) is 28.8 Å². The van der Waals surface area contributed by atoms with Gasteiger partial charge in [0.15, 0.2) is 11.0 Å². The van der Waals surface area contributed by atoms with Crippen LogP contribution in [0.1, 0.15) is 4.88 Å². The van der Waals surface area contributed by atoms with Crippen LogP contribution < -0.4 is 5.32 Å². The summed E-state index contributed by atoms with van der Waals surface area (Å²) in [4.78, 5) is 13.7. The molecule has 1 amide bonds. The number of allylic oxidation sites excluding steroid dienone is 1. The fourth-order valence-corrected chi connectivity index (χ4v) is 5.71. The first-order chi connectivity index (χ1) is 16.0. The number of amides is 1. The lowest BCUT2D eigenvalue weighted by molar-refractivity contribution is -0.113. The Labute approximate surface area is 214 Å². The summed E-state index contributed by atoms with van der Waals surface area (Å²) < 4.78 is 2.84. The summed E-state index contributed by atoms with van der Waals surface area (Å²) in [6, 6.07) is 15.6. The van der Waals surface area contributed by atoms with E-state index in [1.54, 1.807) is 29.5 Å². The van der Waals surface area contributed by atoms with Crippen LogP contribution in [0.5, 0.6) is 0 Å². The van der Waals surface area contributed by atoms with Crippen molar-refractivity contribution in [2.75, 3.05) is 11.1 Å².